The summed E-state index contributed by atoms with van der Waals surface area (Å²) in [5.41, 5.74) is 0.570. The Kier molecular flexibility index (Phi) is 5.61. The molecule has 0 fully saturated rings. The van der Waals surface area contributed by atoms with Crippen LogP contribution in [-0.2, 0) is 21.3 Å². The molecule has 22 heavy (non-hydrogen) atoms. The van der Waals surface area contributed by atoms with Gasteiger partial charge in [-0.05, 0) is 26.0 Å². The van der Waals surface area contributed by atoms with E-state index < -0.39 is 22.0 Å². The summed E-state index contributed by atoms with van der Waals surface area (Å²) < 4.78 is 17.2. The molecule has 0 aliphatic carbocycles. The molecule has 1 amide bonds. The SMILES string of the molecule is Cc1cc(NC(=O)[C@@H](C)[S@](=O)Cc2c(Cl)cccc2Cl)no1. The van der Waals surface area contributed by atoms with Crippen LogP contribution in [0.15, 0.2) is 28.8 Å². The molecule has 0 radical (unpaired) electrons. The first-order chi connectivity index (χ1) is 10.4. The zero-order chi connectivity index (χ0) is 16.3. The minimum absolute atomic E-state index is 0.102. The van der Waals surface area contributed by atoms with E-state index in [9.17, 15) is 9.00 Å². The van der Waals surface area contributed by atoms with Gasteiger partial charge < -0.3 is 9.84 Å². The first-order valence-corrected chi connectivity index (χ1v) is 8.56. The molecule has 118 valence electrons. The van der Waals surface area contributed by atoms with Crippen LogP contribution in [0.5, 0.6) is 0 Å². The summed E-state index contributed by atoms with van der Waals surface area (Å²) in [4.78, 5) is 12.1. The Morgan fingerprint density at radius 1 is 1.41 bits per heavy atom. The second-order valence-corrected chi connectivity index (χ2v) is 7.25. The monoisotopic (exact) mass is 360 g/mol. The molecule has 0 bridgehead atoms. The molecule has 1 aromatic carbocycles. The minimum atomic E-state index is -1.47. The minimum Gasteiger partial charge on any atom is -0.360 e. The van der Waals surface area contributed by atoms with Crippen LogP contribution in [0.1, 0.15) is 18.2 Å². The van der Waals surface area contributed by atoms with Gasteiger partial charge in [-0.25, -0.2) is 0 Å². The normalized spacial score (nSPS) is 13.6. The van der Waals surface area contributed by atoms with Gasteiger partial charge in [0.05, 0.1) is 5.75 Å². The number of halogens is 2. The molecule has 0 unspecified atom stereocenters. The Morgan fingerprint density at radius 2 is 2.05 bits per heavy atom. The van der Waals surface area contributed by atoms with E-state index in [2.05, 4.69) is 10.5 Å². The first kappa shape index (κ1) is 17.0. The summed E-state index contributed by atoms with van der Waals surface area (Å²) in [6.07, 6.45) is 0. The number of anilines is 1. The Hall–Kier alpha value is -1.37. The Morgan fingerprint density at radius 3 is 2.59 bits per heavy atom. The molecule has 5 nitrogen and oxygen atoms in total. The third-order valence-corrected chi connectivity index (χ3v) is 5.28. The van der Waals surface area contributed by atoms with Crippen LogP contribution >= 0.6 is 23.2 Å². The molecule has 1 N–H and O–H groups in total. The smallest absolute Gasteiger partial charge is 0.241 e. The van der Waals surface area contributed by atoms with Crippen molar-refractivity contribution in [2.45, 2.75) is 24.9 Å². The van der Waals surface area contributed by atoms with Gasteiger partial charge in [0.25, 0.3) is 0 Å². The summed E-state index contributed by atoms with van der Waals surface area (Å²) in [5.74, 6) is 0.564. The zero-order valence-electron chi connectivity index (χ0n) is 11.9. The van der Waals surface area contributed by atoms with Crippen LogP contribution in [0.3, 0.4) is 0 Å². The Bertz CT molecular complexity index is 698. The molecule has 0 spiro atoms. The average molecular weight is 361 g/mol. The number of carbonyl (C=O) groups excluding carboxylic acids is 1. The predicted molar refractivity (Wildman–Crippen MR) is 87.6 cm³/mol. The first-order valence-electron chi connectivity index (χ1n) is 6.42. The number of rotatable bonds is 5. The molecule has 2 aromatic rings. The Labute approximate surface area is 140 Å². The van der Waals surface area contributed by atoms with E-state index in [1.165, 1.54) is 0 Å². The third kappa shape index (κ3) is 4.09. The van der Waals surface area contributed by atoms with Crippen molar-refractivity contribution < 1.29 is 13.5 Å². The number of nitrogens with zero attached hydrogens (tertiary/aromatic N) is 1. The van der Waals surface area contributed by atoms with E-state index in [0.29, 0.717) is 27.2 Å². The third-order valence-electron chi connectivity index (χ3n) is 2.99. The maximum atomic E-state index is 12.3. The van der Waals surface area contributed by atoms with Gasteiger partial charge in [0.2, 0.25) is 5.91 Å². The van der Waals surface area contributed by atoms with Crippen molar-refractivity contribution in [1.82, 2.24) is 5.16 Å². The number of benzene rings is 1. The van der Waals surface area contributed by atoms with Gasteiger partial charge in [-0.15, -0.1) is 0 Å². The lowest BCUT2D eigenvalue weighted by Crippen LogP contribution is -2.30. The summed E-state index contributed by atoms with van der Waals surface area (Å²) >= 11 is 12.1. The largest absolute Gasteiger partial charge is 0.360 e. The van der Waals surface area contributed by atoms with Gasteiger partial charge in [-0.3, -0.25) is 9.00 Å². The van der Waals surface area contributed by atoms with Gasteiger partial charge in [0, 0.05) is 32.5 Å². The average Bonchev–Trinajstić information content (AvgIpc) is 2.87. The van der Waals surface area contributed by atoms with E-state index in [-0.39, 0.29) is 5.75 Å². The molecule has 0 saturated carbocycles. The molecule has 0 aliphatic rings. The summed E-state index contributed by atoms with van der Waals surface area (Å²) in [5, 5.41) is 6.33. The molecule has 1 aromatic heterocycles. The van der Waals surface area contributed by atoms with Gasteiger partial charge in [-0.1, -0.05) is 34.4 Å². The fraction of sp³-hybridized carbons (Fsp3) is 0.286. The maximum Gasteiger partial charge on any atom is 0.241 e. The summed E-state index contributed by atoms with van der Waals surface area (Å²) in [6.45, 7) is 3.28. The molecule has 1 heterocycles. The predicted octanol–water partition coefficient (Wildman–Crippen LogP) is 3.57. The lowest BCUT2D eigenvalue weighted by atomic mass is 10.2. The number of nitrogens with one attached hydrogen (secondary N) is 1. The van der Waals surface area contributed by atoms with E-state index in [1.807, 2.05) is 0 Å². The van der Waals surface area contributed by atoms with Crippen LogP contribution in [0.25, 0.3) is 0 Å². The highest BCUT2D eigenvalue weighted by atomic mass is 35.5. The molecule has 0 aliphatic heterocycles. The number of amides is 1. The van der Waals surface area contributed by atoms with Crippen LogP contribution < -0.4 is 5.32 Å². The number of carbonyl (C=O) groups is 1. The summed E-state index contributed by atoms with van der Waals surface area (Å²) in [6, 6.07) is 6.63. The molecular formula is C14H14Cl2N2O3S. The second-order valence-electron chi connectivity index (χ2n) is 4.68. The van der Waals surface area contributed by atoms with Gasteiger partial charge >= 0.3 is 0 Å². The van der Waals surface area contributed by atoms with Gasteiger partial charge in [0.1, 0.15) is 11.0 Å². The van der Waals surface area contributed by atoms with Crippen LogP contribution in [0, 0.1) is 6.92 Å². The fourth-order valence-corrected chi connectivity index (χ4v) is 3.54. The number of aromatic nitrogens is 1. The van der Waals surface area contributed by atoms with Crippen molar-refractivity contribution >= 4 is 45.7 Å². The van der Waals surface area contributed by atoms with Gasteiger partial charge in [-0.2, -0.15) is 0 Å². The van der Waals surface area contributed by atoms with Crippen molar-refractivity contribution in [2.24, 2.45) is 0 Å². The fourth-order valence-electron chi connectivity index (χ4n) is 1.71. The Balaban J connectivity index is 2.04. The topological polar surface area (TPSA) is 72.2 Å². The molecule has 2 atom stereocenters. The lowest BCUT2D eigenvalue weighted by Gasteiger charge is -2.12. The highest BCUT2D eigenvalue weighted by Gasteiger charge is 2.22. The van der Waals surface area contributed by atoms with E-state index >= 15 is 0 Å². The van der Waals surface area contributed by atoms with Gasteiger partial charge in [0.15, 0.2) is 5.82 Å². The van der Waals surface area contributed by atoms with E-state index in [1.54, 1.807) is 38.1 Å². The summed E-state index contributed by atoms with van der Waals surface area (Å²) in [7, 11) is -1.47. The maximum absolute atomic E-state index is 12.3. The van der Waals surface area contributed by atoms with Crippen molar-refractivity contribution in [3.63, 3.8) is 0 Å². The zero-order valence-corrected chi connectivity index (χ0v) is 14.3. The standard InChI is InChI=1S/C14H14Cl2N2O3S/c1-8-6-13(18-21-8)17-14(19)9(2)22(20)7-10-11(15)4-3-5-12(10)16/h3-6,9H,7H2,1-2H3,(H,17,18,19)/t9-,22-/m1/s1. The number of aryl methyl sites for hydroxylation is 1. The molecule has 8 heteroatoms. The second kappa shape index (κ2) is 7.26. The molecule has 2 rings (SSSR count). The molecular weight excluding hydrogens is 347 g/mol. The van der Waals surface area contributed by atoms with Crippen molar-refractivity contribution in [1.29, 1.82) is 0 Å². The lowest BCUT2D eigenvalue weighted by molar-refractivity contribution is -0.115. The molecule has 0 saturated heterocycles. The number of hydrogen-bond donors (Lipinski definition) is 1. The highest BCUT2D eigenvalue weighted by molar-refractivity contribution is 7.85. The van der Waals surface area contributed by atoms with Crippen molar-refractivity contribution in [3.05, 3.63) is 45.6 Å². The number of hydrogen-bond acceptors (Lipinski definition) is 4. The van der Waals surface area contributed by atoms with Crippen molar-refractivity contribution in [3.8, 4) is 0 Å². The highest BCUT2D eigenvalue weighted by Crippen LogP contribution is 2.26. The van der Waals surface area contributed by atoms with Crippen molar-refractivity contribution in [2.75, 3.05) is 5.32 Å². The van der Waals surface area contributed by atoms with E-state index in [0.717, 1.165) is 0 Å². The van der Waals surface area contributed by atoms with Crippen LogP contribution in [0.2, 0.25) is 10.0 Å². The van der Waals surface area contributed by atoms with E-state index in [4.69, 9.17) is 27.7 Å². The van der Waals surface area contributed by atoms with Crippen LogP contribution in [-0.4, -0.2) is 20.5 Å². The quantitative estimate of drug-likeness (QED) is 0.884. The van der Waals surface area contributed by atoms with Crippen LogP contribution in [0.4, 0.5) is 5.82 Å².